The van der Waals surface area contributed by atoms with Crippen molar-refractivity contribution in [3.05, 3.63) is 56.8 Å². The van der Waals surface area contributed by atoms with Crippen molar-refractivity contribution < 1.29 is 0 Å². The molecule has 0 amide bonds. The van der Waals surface area contributed by atoms with Crippen LogP contribution in [0.4, 0.5) is 0 Å². The molecule has 1 heterocycles. The second-order valence-electron chi connectivity index (χ2n) is 3.57. The summed E-state index contributed by atoms with van der Waals surface area (Å²) in [6.07, 6.45) is 0.135. The number of nitrogens with one attached hydrogen (secondary N) is 1. The summed E-state index contributed by atoms with van der Waals surface area (Å²) in [5.74, 6) is 0. The smallest absolute Gasteiger partial charge is 0.252 e. The highest BCUT2D eigenvalue weighted by Gasteiger charge is 2.02. The van der Waals surface area contributed by atoms with Gasteiger partial charge in [0.1, 0.15) is 0 Å². The molecule has 0 unspecified atom stereocenters. The highest BCUT2D eigenvalue weighted by atomic mass is 79.9. The van der Waals surface area contributed by atoms with Crippen molar-refractivity contribution in [2.24, 2.45) is 0 Å². The Kier molecular flexibility index (Phi) is 3.40. The molecule has 84 valence electrons. The SMILES string of the molecule is N#CCc1ccc(-c2ccc(Br)cc2)[nH]c1=O. The van der Waals surface area contributed by atoms with Crippen LogP contribution in [0.1, 0.15) is 5.56 Å². The van der Waals surface area contributed by atoms with Gasteiger partial charge in [-0.25, -0.2) is 0 Å². The second kappa shape index (κ2) is 4.98. The molecule has 0 saturated heterocycles. The van der Waals surface area contributed by atoms with E-state index in [1.54, 1.807) is 6.07 Å². The molecular weight excluding hydrogens is 280 g/mol. The van der Waals surface area contributed by atoms with E-state index in [1.807, 2.05) is 36.4 Å². The van der Waals surface area contributed by atoms with Gasteiger partial charge in [0.15, 0.2) is 0 Å². The summed E-state index contributed by atoms with van der Waals surface area (Å²) in [5.41, 5.74) is 1.98. The molecule has 0 aliphatic heterocycles. The van der Waals surface area contributed by atoms with E-state index >= 15 is 0 Å². The number of pyridine rings is 1. The maximum Gasteiger partial charge on any atom is 0.252 e. The summed E-state index contributed by atoms with van der Waals surface area (Å²) in [7, 11) is 0. The molecule has 2 rings (SSSR count). The van der Waals surface area contributed by atoms with Gasteiger partial charge in [0.05, 0.1) is 12.5 Å². The van der Waals surface area contributed by atoms with Crippen LogP contribution in [0.2, 0.25) is 0 Å². The zero-order valence-electron chi connectivity index (χ0n) is 8.90. The first-order valence-corrected chi connectivity index (χ1v) is 5.85. The molecular formula is C13H9BrN2O. The molecule has 1 aromatic carbocycles. The van der Waals surface area contributed by atoms with Crippen LogP contribution < -0.4 is 5.56 Å². The summed E-state index contributed by atoms with van der Waals surface area (Å²) in [6, 6.07) is 13.1. The third-order valence-electron chi connectivity index (χ3n) is 2.42. The molecule has 1 N–H and O–H groups in total. The first kappa shape index (κ1) is 11.6. The summed E-state index contributed by atoms with van der Waals surface area (Å²) in [6.45, 7) is 0. The lowest BCUT2D eigenvalue weighted by Gasteiger charge is -2.02. The maximum atomic E-state index is 11.7. The van der Waals surface area contributed by atoms with Crippen LogP contribution in [0, 0.1) is 11.3 Å². The van der Waals surface area contributed by atoms with E-state index in [2.05, 4.69) is 20.9 Å². The fourth-order valence-corrected chi connectivity index (χ4v) is 1.79. The highest BCUT2D eigenvalue weighted by Crippen LogP contribution is 2.18. The van der Waals surface area contributed by atoms with Crippen molar-refractivity contribution in [1.82, 2.24) is 4.98 Å². The van der Waals surface area contributed by atoms with Crippen LogP contribution in [0.3, 0.4) is 0 Å². The lowest BCUT2D eigenvalue weighted by molar-refractivity contribution is 1.13. The van der Waals surface area contributed by atoms with E-state index in [-0.39, 0.29) is 12.0 Å². The highest BCUT2D eigenvalue weighted by molar-refractivity contribution is 9.10. The standard InChI is InChI=1S/C13H9BrN2O/c14-11-4-1-9(2-5-11)12-6-3-10(7-8-15)13(17)16-12/h1-6H,7H2,(H,16,17). The van der Waals surface area contributed by atoms with Crippen molar-refractivity contribution in [3.8, 4) is 17.3 Å². The number of benzene rings is 1. The van der Waals surface area contributed by atoms with Crippen LogP contribution in [-0.4, -0.2) is 4.98 Å². The Morgan fingerprint density at radius 3 is 2.47 bits per heavy atom. The van der Waals surface area contributed by atoms with Gasteiger partial charge in [0.25, 0.3) is 5.56 Å². The largest absolute Gasteiger partial charge is 0.322 e. The molecule has 1 aromatic heterocycles. The lowest BCUT2D eigenvalue weighted by atomic mass is 10.1. The minimum Gasteiger partial charge on any atom is -0.322 e. The molecule has 0 aliphatic rings. The van der Waals surface area contributed by atoms with Crippen LogP contribution in [-0.2, 0) is 6.42 Å². The fraction of sp³-hybridized carbons (Fsp3) is 0.0769. The fourth-order valence-electron chi connectivity index (χ4n) is 1.53. The normalized spacial score (nSPS) is 9.88. The van der Waals surface area contributed by atoms with Gasteiger partial charge in [-0.3, -0.25) is 4.79 Å². The van der Waals surface area contributed by atoms with Gasteiger partial charge in [0.2, 0.25) is 0 Å². The van der Waals surface area contributed by atoms with E-state index in [1.165, 1.54) is 0 Å². The molecule has 0 atom stereocenters. The van der Waals surface area contributed by atoms with Gasteiger partial charge in [-0.15, -0.1) is 0 Å². The number of nitriles is 1. The molecule has 0 bridgehead atoms. The molecule has 3 nitrogen and oxygen atoms in total. The van der Waals surface area contributed by atoms with Crippen LogP contribution in [0.15, 0.2) is 45.7 Å². The van der Waals surface area contributed by atoms with Crippen molar-refractivity contribution >= 4 is 15.9 Å². The van der Waals surface area contributed by atoms with E-state index < -0.39 is 0 Å². The van der Waals surface area contributed by atoms with Crippen molar-refractivity contribution in [1.29, 1.82) is 5.26 Å². The predicted octanol–water partition coefficient (Wildman–Crippen LogP) is 2.87. The number of halogens is 1. The van der Waals surface area contributed by atoms with Crippen LogP contribution in [0.5, 0.6) is 0 Å². The number of hydrogen-bond donors (Lipinski definition) is 1. The quantitative estimate of drug-likeness (QED) is 0.924. The van der Waals surface area contributed by atoms with Gasteiger partial charge < -0.3 is 4.98 Å². The van der Waals surface area contributed by atoms with Gasteiger partial charge >= 0.3 is 0 Å². The number of rotatable bonds is 2. The zero-order chi connectivity index (χ0) is 12.3. The van der Waals surface area contributed by atoms with Gasteiger partial charge in [-0.05, 0) is 23.8 Å². The Morgan fingerprint density at radius 2 is 1.88 bits per heavy atom. The van der Waals surface area contributed by atoms with Gasteiger partial charge in [-0.1, -0.05) is 34.1 Å². The zero-order valence-corrected chi connectivity index (χ0v) is 10.5. The third-order valence-corrected chi connectivity index (χ3v) is 2.94. The van der Waals surface area contributed by atoms with Crippen molar-refractivity contribution in [2.75, 3.05) is 0 Å². The number of aromatic amines is 1. The van der Waals surface area contributed by atoms with Crippen molar-refractivity contribution in [2.45, 2.75) is 6.42 Å². The molecule has 0 spiro atoms. The van der Waals surface area contributed by atoms with Crippen LogP contribution in [0.25, 0.3) is 11.3 Å². The lowest BCUT2D eigenvalue weighted by Crippen LogP contribution is -2.12. The Balaban J connectivity index is 2.42. The molecule has 17 heavy (non-hydrogen) atoms. The van der Waals surface area contributed by atoms with Crippen molar-refractivity contribution in [3.63, 3.8) is 0 Å². The summed E-state index contributed by atoms with van der Waals surface area (Å²) in [4.78, 5) is 14.4. The molecule has 0 fully saturated rings. The van der Waals surface area contributed by atoms with E-state index in [9.17, 15) is 4.79 Å². The number of H-pyrrole nitrogens is 1. The average molecular weight is 289 g/mol. The first-order chi connectivity index (χ1) is 8.20. The number of aromatic nitrogens is 1. The molecule has 0 aliphatic carbocycles. The van der Waals surface area contributed by atoms with Crippen LogP contribution >= 0.6 is 15.9 Å². The Morgan fingerprint density at radius 1 is 1.18 bits per heavy atom. The minimum absolute atomic E-state index is 0.135. The average Bonchev–Trinajstić information content (AvgIpc) is 2.33. The monoisotopic (exact) mass is 288 g/mol. The maximum absolute atomic E-state index is 11.7. The third kappa shape index (κ3) is 2.63. The van der Waals surface area contributed by atoms with Gasteiger partial charge in [-0.2, -0.15) is 5.26 Å². The molecule has 0 saturated carbocycles. The summed E-state index contributed by atoms with van der Waals surface area (Å²) >= 11 is 3.36. The van der Waals surface area contributed by atoms with Gasteiger partial charge in [0, 0.05) is 15.7 Å². The molecule has 2 aromatic rings. The topological polar surface area (TPSA) is 56.6 Å². The predicted molar refractivity (Wildman–Crippen MR) is 69.5 cm³/mol. The summed E-state index contributed by atoms with van der Waals surface area (Å²) in [5, 5.41) is 8.55. The Bertz CT molecular complexity index is 623. The van der Waals surface area contributed by atoms with E-state index in [4.69, 9.17) is 5.26 Å². The first-order valence-electron chi connectivity index (χ1n) is 5.06. The molecule has 4 heteroatoms. The van der Waals surface area contributed by atoms with E-state index in [0.717, 1.165) is 15.7 Å². The molecule has 0 radical (unpaired) electrons. The number of nitrogens with zero attached hydrogens (tertiary/aromatic N) is 1. The summed E-state index contributed by atoms with van der Waals surface area (Å²) < 4.78 is 0.990. The minimum atomic E-state index is -0.202. The Hall–Kier alpha value is -1.86. The number of hydrogen-bond acceptors (Lipinski definition) is 2. The Labute approximate surface area is 107 Å². The van der Waals surface area contributed by atoms with E-state index in [0.29, 0.717) is 5.56 Å². The second-order valence-corrected chi connectivity index (χ2v) is 4.48.